The molecule has 0 bridgehead atoms. The lowest BCUT2D eigenvalue weighted by Crippen LogP contribution is -2.39. The number of hydrogen-bond donors (Lipinski definition) is 1. The van der Waals surface area contributed by atoms with Crippen LogP contribution in [0.4, 0.5) is 5.82 Å². The van der Waals surface area contributed by atoms with E-state index in [4.69, 9.17) is 0 Å². The topological polar surface area (TPSA) is 56.7 Å². The summed E-state index contributed by atoms with van der Waals surface area (Å²) in [6, 6.07) is 3.64. The lowest BCUT2D eigenvalue weighted by molar-refractivity contribution is -0.129. The van der Waals surface area contributed by atoms with E-state index >= 15 is 0 Å². The average Bonchev–Trinajstić information content (AvgIpc) is 2.40. The Hall–Kier alpha value is -1.62. The molecule has 0 aromatic carbocycles. The first-order valence-electron chi connectivity index (χ1n) is 6.62. The summed E-state index contributed by atoms with van der Waals surface area (Å²) in [7, 11) is 1.84. The predicted molar refractivity (Wildman–Crippen MR) is 76.1 cm³/mol. The van der Waals surface area contributed by atoms with Crippen LogP contribution >= 0.6 is 0 Å². The van der Waals surface area contributed by atoms with Crippen LogP contribution in [-0.4, -0.2) is 47.6 Å². The summed E-state index contributed by atoms with van der Waals surface area (Å²) < 4.78 is 0. The maximum absolute atomic E-state index is 12.0. The Morgan fingerprint density at radius 2 is 2.00 bits per heavy atom. The van der Waals surface area contributed by atoms with Gasteiger partial charge < -0.3 is 14.9 Å². The highest BCUT2D eigenvalue weighted by Crippen LogP contribution is 2.14. The number of aliphatic hydroxyl groups is 1. The Morgan fingerprint density at radius 1 is 1.37 bits per heavy atom. The number of anilines is 1. The van der Waals surface area contributed by atoms with Gasteiger partial charge in [-0.15, -0.1) is 0 Å². The smallest absolute Gasteiger partial charge is 0.242 e. The molecule has 0 fully saturated rings. The van der Waals surface area contributed by atoms with E-state index in [1.54, 1.807) is 18.0 Å². The van der Waals surface area contributed by atoms with E-state index in [0.717, 1.165) is 24.5 Å². The number of hydrogen-bond acceptors (Lipinski definition) is 4. The molecule has 106 valence electrons. The summed E-state index contributed by atoms with van der Waals surface area (Å²) >= 11 is 0. The molecule has 0 saturated heterocycles. The molecule has 0 aliphatic carbocycles. The minimum atomic E-state index is -0.524. The second-order valence-corrected chi connectivity index (χ2v) is 4.55. The minimum absolute atomic E-state index is 0.0916. The number of nitrogens with zero attached hydrogens (tertiary/aromatic N) is 3. The second-order valence-electron chi connectivity index (χ2n) is 4.55. The molecule has 1 aromatic heterocycles. The third kappa shape index (κ3) is 4.21. The molecule has 1 rings (SSSR count). The molecule has 19 heavy (non-hydrogen) atoms. The Labute approximate surface area is 114 Å². The Bertz CT molecular complexity index is 400. The number of amides is 1. The molecule has 1 N–H and O–H groups in total. The highest BCUT2D eigenvalue weighted by Gasteiger charge is 2.13. The average molecular weight is 265 g/mol. The van der Waals surface area contributed by atoms with E-state index < -0.39 is 6.10 Å². The van der Waals surface area contributed by atoms with E-state index in [2.05, 4.69) is 4.98 Å². The number of carbonyl (C=O) groups excluding carboxylic acids is 1. The van der Waals surface area contributed by atoms with Crippen LogP contribution in [0.5, 0.6) is 0 Å². The molecule has 5 heteroatoms. The van der Waals surface area contributed by atoms with E-state index in [0.29, 0.717) is 6.54 Å². The SMILES string of the molecule is CCN(CC)C(=O)CN(C)c1ccc([C@H](C)O)cn1. The number of pyridine rings is 1. The first-order valence-corrected chi connectivity index (χ1v) is 6.62. The predicted octanol–water partition coefficient (Wildman–Crippen LogP) is 1.44. The fourth-order valence-corrected chi connectivity index (χ4v) is 1.83. The van der Waals surface area contributed by atoms with Crippen LogP contribution in [0.25, 0.3) is 0 Å². The highest BCUT2D eigenvalue weighted by atomic mass is 16.3. The van der Waals surface area contributed by atoms with Crippen molar-refractivity contribution in [2.45, 2.75) is 26.9 Å². The number of aliphatic hydroxyl groups excluding tert-OH is 1. The van der Waals surface area contributed by atoms with Gasteiger partial charge in [0.1, 0.15) is 5.82 Å². The zero-order chi connectivity index (χ0) is 14.4. The Kier molecular flexibility index (Phi) is 5.76. The van der Waals surface area contributed by atoms with Crippen molar-refractivity contribution < 1.29 is 9.90 Å². The van der Waals surface area contributed by atoms with Crippen molar-refractivity contribution in [2.24, 2.45) is 0 Å². The van der Waals surface area contributed by atoms with Crippen molar-refractivity contribution in [2.75, 3.05) is 31.6 Å². The first-order chi connectivity index (χ1) is 8.99. The van der Waals surface area contributed by atoms with Gasteiger partial charge in [0.15, 0.2) is 0 Å². The van der Waals surface area contributed by atoms with Gasteiger partial charge >= 0.3 is 0 Å². The van der Waals surface area contributed by atoms with E-state index in [1.807, 2.05) is 37.9 Å². The Balaban J connectivity index is 2.67. The van der Waals surface area contributed by atoms with Crippen LogP contribution in [-0.2, 0) is 4.79 Å². The van der Waals surface area contributed by atoms with Gasteiger partial charge in [-0.05, 0) is 32.4 Å². The van der Waals surface area contributed by atoms with Crippen molar-refractivity contribution in [3.8, 4) is 0 Å². The summed E-state index contributed by atoms with van der Waals surface area (Å²) in [4.78, 5) is 19.8. The molecule has 1 atom stereocenters. The maximum atomic E-state index is 12.0. The van der Waals surface area contributed by atoms with Crippen LogP contribution < -0.4 is 4.90 Å². The van der Waals surface area contributed by atoms with Crippen LogP contribution in [0.15, 0.2) is 18.3 Å². The van der Waals surface area contributed by atoms with Gasteiger partial charge in [-0.25, -0.2) is 4.98 Å². The van der Waals surface area contributed by atoms with Crippen LogP contribution in [0.1, 0.15) is 32.4 Å². The third-order valence-electron chi connectivity index (χ3n) is 3.13. The lowest BCUT2D eigenvalue weighted by atomic mass is 10.2. The number of aromatic nitrogens is 1. The summed E-state index contributed by atoms with van der Waals surface area (Å²) in [6.07, 6.45) is 1.11. The van der Waals surface area contributed by atoms with Crippen molar-refractivity contribution in [3.05, 3.63) is 23.9 Å². The van der Waals surface area contributed by atoms with Gasteiger partial charge in [0.05, 0.1) is 12.6 Å². The van der Waals surface area contributed by atoms with Gasteiger partial charge in [0.25, 0.3) is 0 Å². The monoisotopic (exact) mass is 265 g/mol. The molecule has 5 nitrogen and oxygen atoms in total. The molecule has 0 aliphatic rings. The minimum Gasteiger partial charge on any atom is -0.389 e. The van der Waals surface area contributed by atoms with E-state index in [9.17, 15) is 9.90 Å². The second kappa shape index (κ2) is 7.09. The largest absolute Gasteiger partial charge is 0.389 e. The molecule has 0 aliphatic heterocycles. The van der Waals surface area contributed by atoms with Crippen molar-refractivity contribution >= 4 is 11.7 Å². The zero-order valence-corrected chi connectivity index (χ0v) is 12.1. The maximum Gasteiger partial charge on any atom is 0.242 e. The highest BCUT2D eigenvalue weighted by molar-refractivity contribution is 5.81. The summed E-state index contributed by atoms with van der Waals surface area (Å²) in [5, 5.41) is 9.42. The number of rotatable bonds is 6. The third-order valence-corrected chi connectivity index (χ3v) is 3.13. The molecule has 1 aromatic rings. The number of carbonyl (C=O) groups is 1. The van der Waals surface area contributed by atoms with Gasteiger partial charge in [-0.3, -0.25) is 4.79 Å². The molecule has 1 amide bonds. The summed E-state index contributed by atoms with van der Waals surface area (Å²) in [5.74, 6) is 0.818. The normalized spacial score (nSPS) is 12.1. The molecule has 0 radical (unpaired) electrons. The van der Waals surface area contributed by atoms with Crippen molar-refractivity contribution in [1.29, 1.82) is 0 Å². The first kappa shape index (κ1) is 15.4. The van der Waals surface area contributed by atoms with Crippen molar-refractivity contribution in [3.63, 3.8) is 0 Å². The van der Waals surface area contributed by atoms with Gasteiger partial charge in [-0.2, -0.15) is 0 Å². The van der Waals surface area contributed by atoms with E-state index in [1.165, 1.54) is 0 Å². The van der Waals surface area contributed by atoms with Gasteiger partial charge in [-0.1, -0.05) is 6.07 Å². The molecule has 0 unspecified atom stereocenters. The molecule has 0 spiro atoms. The number of likely N-dealkylation sites (N-methyl/N-ethyl adjacent to an activating group) is 2. The quantitative estimate of drug-likeness (QED) is 0.845. The lowest BCUT2D eigenvalue weighted by Gasteiger charge is -2.23. The standard InChI is InChI=1S/C14H23N3O2/c1-5-17(6-2)14(19)10-16(4)13-8-7-12(9-15-13)11(3)18/h7-9,11,18H,5-6,10H2,1-4H3/t11-/m0/s1. The van der Waals surface area contributed by atoms with Crippen molar-refractivity contribution in [1.82, 2.24) is 9.88 Å². The summed E-state index contributed by atoms with van der Waals surface area (Å²) in [5.41, 5.74) is 0.771. The molecular weight excluding hydrogens is 242 g/mol. The van der Waals surface area contributed by atoms with E-state index in [-0.39, 0.29) is 5.91 Å². The molecule has 0 saturated carbocycles. The summed E-state index contributed by atoms with van der Waals surface area (Å²) in [6.45, 7) is 7.39. The fourth-order valence-electron chi connectivity index (χ4n) is 1.83. The van der Waals surface area contributed by atoms with Gasteiger partial charge in [0, 0.05) is 26.3 Å². The van der Waals surface area contributed by atoms with Gasteiger partial charge in [0.2, 0.25) is 5.91 Å². The zero-order valence-electron chi connectivity index (χ0n) is 12.1. The van der Waals surface area contributed by atoms with Crippen LogP contribution in [0.2, 0.25) is 0 Å². The Morgan fingerprint density at radius 3 is 2.42 bits per heavy atom. The fraction of sp³-hybridized carbons (Fsp3) is 0.571. The molecular formula is C14H23N3O2. The molecule has 1 heterocycles. The van der Waals surface area contributed by atoms with Crippen LogP contribution in [0.3, 0.4) is 0 Å². The van der Waals surface area contributed by atoms with Crippen LogP contribution in [0, 0.1) is 0 Å².